The van der Waals surface area contributed by atoms with Crippen LogP contribution in [0.15, 0.2) is 66.7 Å². The van der Waals surface area contributed by atoms with Crippen LogP contribution in [0.2, 0.25) is 0 Å². The zero-order valence-corrected chi connectivity index (χ0v) is 14.0. The Morgan fingerprint density at radius 1 is 0.962 bits per heavy atom. The monoisotopic (exact) mass is 350 g/mol. The highest BCUT2D eigenvalue weighted by Crippen LogP contribution is 2.39. The van der Waals surface area contributed by atoms with E-state index in [9.17, 15) is 13.6 Å². The van der Waals surface area contributed by atoms with Gasteiger partial charge in [-0.05, 0) is 36.8 Å². The molecule has 1 aliphatic rings. The number of anilines is 2. The molecule has 1 amide bonds. The Balaban J connectivity index is 1.84. The summed E-state index contributed by atoms with van der Waals surface area (Å²) in [5.74, 6) is -1.30. The number of hydrogen-bond donors (Lipinski definition) is 1. The fraction of sp³-hybridized carbons (Fsp3) is 0.0952. The van der Waals surface area contributed by atoms with Crippen molar-refractivity contribution >= 4 is 17.3 Å². The van der Waals surface area contributed by atoms with Crippen molar-refractivity contribution in [3.63, 3.8) is 0 Å². The van der Waals surface area contributed by atoms with Crippen LogP contribution in [0.4, 0.5) is 20.2 Å². The normalized spacial score (nSPS) is 15.9. The van der Waals surface area contributed by atoms with Crippen molar-refractivity contribution in [2.75, 3.05) is 10.2 Å². The number of carbonyl (C=O) groups is 1. The summed E-state index contributed by atoms with van der Waals surface area (Å²) in [6.07, 6.45) is -0.629. The molecule has 130 valence electrons. The van der Waals surface area contributed by atoms with E-state index in [1.807, 2.05) is 43.3 Å². The molecule has 0 saturated heterocycles. The quantitative estimate of drug-likeness (QED) is 0.717. The van der Waals surface area contributed by atoms with Crippen LogP contribution < -0.4 is 10.2 Å². The lowest BCUT2D eigenvalue weighted by Crippen LogP contribution is -2.33. The summed E-state index contributed by atoms with van der Waals surface area (Å²) < 4.78 is 27.8. The van der Waals surface area contributed by atoms with Gasteiger partial charge in [-0.25, -0.2) is 8.78 Å². The lowest BCUT2D eigenvalue weighted by molar-refractivity contribution is 0.0992. The van der Waals surface area contributed by atoms with Gasteiger partial charge in [0.05, 0.1) is 5.69 Å². The van der Waals surface area contributed by atoms with Crippen LogP contribution in [-0.2, 0) is 0 Å². The number of nitrogens with zero attached hydrogens (tertiary/aromatic N) is 1. The Morgan fingerprint density at radius 2 is 1.69 bits per heavy atom. The molecule has 1 atom stereocenters. The van der Waals surface area contributed by atoms with Gasteiger partial charge in [0.15, 0.2) is 0 Å². The summed E-state index contributed by atoms with van der Waals surface area (Å²) in [4.78, 5) is 14.6. The van der Waals surface area contributed by atoms with Crippen molar-refractivity contribution in [2.45, 2.75) is 13.1 Å². The molecule has 0 aliphatic carbocycles. The molecule has 0 bridgehead atoms. The summed E-state index contributed by atoms with van der Waals surface area (Å²) in [7, 11) is 0. The van der Waals surface area contributed by atoms with Crippen LogP contribution >= 0.6 is 0 Å². The first-order valence-electron chi connectivity index (χ1n) is 8.26. The molecule has 0 saturated carbocycles. The number of hydrogen-bond acceptors (Lipinski definition) is 2. The molecular weight excluding hydrogens is 334 g/mol. The number of fused-ring (bicyclic) bond motifs is 1. The van der Waals surface area contributed by atoms with Gasteiger partial charge in [0.1, 0.15) is 17.8 Å². The second-order valence-corrected chi connectivity index (χ2v) is 6.22. The lowest BCUT2D eigenvalue weighted by Gasteiger charge is -2.28. The number of rotatable bonds is 3. The predicted molar refractivity (Wildman–Crippen MR) is 97.2 cm³/mol. The topological polar surface area (TPSA) is 32.3 Å². The number of carbonyl (C=O) groups excluding carboxylic acids is 1. The molecule has 1 heterocycles. The molecule has 0 spiro atoms. The first-order valence-corrected chi connectivity index (χ1v) is 8.26. The highest BCUT2D eigenvalue weighted by molar-refractivity contribution is 6.11. The van der Waals surface area contributed by atoms with Gasteiger partial charge in [-0.2, -0.15) is 0 Å². The number of amides is 1. The second kappa shape index (κ2) is 6.26. The Morgan fingerprint density at radius 3 is 2.50 bits per heavy atom. The molecule has 0 radical (unpaired) electrons. The minimum atomic E-state index is -0.629. The van der Waals surface area contributed by atoms with E-state index >= 15 is 0 Å². The minimum absolute atomic E-state index is 0.0121. The van der Waals surface area contributed by atoms with Crippen molar-refractivity contribution in [1.29, 1.82) is 0 Å². The molecule has 4 rings (SSSR count). The van der Waals surface area contributed by atoms with Crippen molar-refractivity contribution in [1.82, 2.24) is 0 Å². The van der Waals surface area contributed by atoms with Crippen molar-refractivity contribution in [3.8, 4) is 0 Å². The number of benzene rings is 3. The van der Waals surface area contributed by atoms with Crippen LogP contribution in [0.25, 0.3) is 0 Å². The van der Waals surface area contributed by atoms with Gasteiger partial charge >= 0.3 is 0 Å². The van der Waals surface area contributed by atoms with Gasteiger partial charge in [0, 0.05) is 22.9 Å². The zero-order valence-electron chi connectivity index (χ0n) is 14.0. The Kier molecular flexibility index (Phi) is 3.92. The Labute approximate surface area is 149 Å². The molecule has 0 aromatic heterocycles. The van der Waals surface area contributed by atoms with E-state index in [1.165, 1.54) is 0 Å². The van der Waals surface area contributed by atoms with Crippen LogP contribution in [0.5, 0.6) is 0 Å². The fourth-order valence-corrected chi connectivity index (χ4v) is 3.30. The third-order valence-electron chi connectivity index (χ3n) is 4.56. The molecule has 5 heteroatoms. The smallest absolute Gasteiger partial charge is 0.260 e. The third-order valence-corrected chi connectivity index (χ3v) is 4.56. The van der Waals surface area contributed by atoms with Gasteiger partial charge in [-0.15, -0.1) is 0 Å². The summed E-state index contributed by atoms with van der Waals surface area (Å²) >= 11 is 0. The molecule has 3 nitrogen and oxygen atoms in total. The molecule has 1 N–H and O–H groups in total. The van der Waals surface area contributed by atoms with E-state index < -0.39 is 17.8 Å². The highest BCUT2D eigenvalue weighted by atomic mass is 19.1. The van der Waals surface area contributed by atoms with E-state index in [0.717, 1.165) is 35.0 Å². The third kappa shape index (κ3) is 2.62. The molecule has 3 aromatic carbocycles. The molecule has 26 heavy (non-hydrogen) atoms. The average molecular weight is 350 g/mol. The molecule has 3 aromatic rings. The van der Waals surface area contributed by atoms with Crippen molar-refractivity contribution < 1.29 is 13.6 Å². The van der Waals surface area contributed by atoms with Gasteiger partial charge in [0.25, 0.3) is 5.91 Å². The van der Waals surface area contributed by atoms with Gasteiger partial charge in [-0.1, -0.05) is 36.4 Å². The van der Waals surface area contributed by atoms with Crippen LogP contribution in [0.1, 0.15) is 27.7 Å². The van der Waals surface area contributed by atoms with Gasteiger partial charge in [-0.3, -0.25) is 9.69 Å². The maximum Gasteiger partial charge on any atom is 0.260 e. The average Bonchev–Trinajstić information content (AvgIpc) is 2.91. The highest BCUT2D eigenvalue weighted by Gasteiger charge is 2.38. The van der Waals surface area contributed by atoms with Crippen LogP contribution in [0.3, 0.4) is 0 Å². The summed E-state index contributed by atoms with van der Waals surface area (Å²) in [6, 6.07) is 17.9. The SMILES string of the molecule is Cc1ccccc1N1C(=O)c2ccccc2[C@@H]1Nc1cc(F)ccc1F. The number of nitrogens with one attached hydrogen (secondary N) is 1. The largest absolute Gasteiger partial charge is 0.359 e. The summed E-state index contributed by atoms with van der Waals surface area (Å²) in [5.41, 5.74) is 2.93. The van der Waals surface area contributed by atoms with E-state index in [4.69, 9.17) is 0 Å². The maximum atomic E-state index is 14.2. The second-order valence-electron chi connectivity index (χ2n) is 6.22. The Hall–Kier alpha value is -3.21. The molecular formula is C21H16F2N2O. The van der Waals surface area contributed by atoms with Crippen LogP contribution in [-0.4, -0.2) is 5.91 Å². The summed E-state index contributed by atoms with van der Waals surface area (Å²) in [5, 5.41) is 3.00. The fourth-order valence-electron chi connectivity index (χ4n) is 3.30. The van der Waals surface area contributed by atoms with Crippen LogP contribution in [0, 0.1) is 18.6 Å². The van der Waals surface area contributed by atoms with E-state index in [-0.39, 0.29) is 11.6 Å². The number of aryl methyl sites for hydroxylation is 1. The van der Waals surface area contributed by atoms with Crippen molar-refractivity contribution in [3.05, 3.63) is 95.1 Å². The maximum absolute atomic E-state index is 14.2. The Bertz CT molecular complexity index is 1000. The number of halogens is 2. The van der Waals surface area contributed by atoms with Gasteiger partial charge in [0.2, 0.25) is 0 Å². The van der Waals surface area contributed by atoms with E-state index in [2.05, 4.69) is 5.32 Å². The molecule has 0 unspecified atom stereocenters. The number of para-hydroxylation sites is 1. The minimum Gasteiger partial charge on any atom is -0.359 e. The van der Waals surface area contributed by atoms with E-state index in [1.54, 1.807) is 17.0 Å². The predicted octanol–water partition coefficient (Wildman–Crippen LogP) is 5.04. The lowest BCUT2D eigenvalue weighted by atomic mass is 10.1. The molecule has 1 aliphatic heterocycles. The zero-order chi connectivity index (χ0) is 18.3. The van der Waals surface area contributed by atoms with Crippen molar-refractivity contribution in [2.24, 2.45) is 0 Å². The van der Waals surface area contributed by atoms with E-state index in [0.29, 0.717) is 5.56 Å². The summed E-state index contributed by atoms with van der Waals surface area (Å²) in [6.45, 7) is 1.91. The molecule has 0 fully saturated rings. The first-order chi connectivity index (χ1) is 12.6. The first kappa shape index (κ1) is 16.3. The standard InChI is InChI=1S/C21H16F2N2O/c1-13-6-2-5-9-19(13)25-20(15-7-3-4-8-16(15)21(25)26)24-18-12-14(22)10-11-17(18)23/h2-12,20,24H,1H3/t20-/m1/s1. The van der Waals surface area contributed by atoms with Gasteiger partial charge < -0.3 is 5.32 Å².